The van der Waals surface area contributed by atoms with Gasteiger partial charge in [-0.2, -0.15) is 0 Å². The molecule has 1 N–H and O–H groups in total. The predicted octanol–water partition coefficient (Wildman–Crippen LogP) is 1.40. The van der Waals surface area contributed by atoms with Gasteiger partial charge >= 0.3 is 11.9 Å². The standard InChI is InChI=1S/C25H26F2N4O6/c1-15(32)29-13-18-11-19(25(35)37-18)17-9-20(26)23(21(27)10-17)31-7-5-30(6-8-31)22(33)14-36-24(34)16-3-2-4-28-12-16/h2-4,9-10,12,18-19H,5-8,11,13-14H2,1H3,(H,29,32)/t18?,19-/m1/s1. The van der Waals surface area contributed by atoms with Crippen molar-refractivity contribution in [3.05, 3.63) is 59.4 Å². The van der Waals surface area contributed by atoms with E-state index in [0.29, 0.717) is 0 Å². The Morgan fingerprint density at radius 2 is 1.86 bits per heavy atom. The molecule has 2 aromatic rings. The van der Waals surface area contributed by atoms with E-state index in [0.717, 1.165) is 12.1 Å². The summed E-state index contributed by atoms with van der Waals surface area (Å²) < 4.78 is 40.3. The first-order chi connectivity index (χ1) is 17.7. The molecule has 37 heavy (non-hydrogen) atoms. The van der Waals surface area contributed by atoms with Crippen LogP contribution in [0, 0.1) is 11.6 Å². The Morgan fingerprint density at radius 1 is 1.16 bits per heavy atom. The number of carbonyl (C=O) groups excluding carboxylic acids is 4. The molecule has 1 unspecified atom stereocenters. The highest BCUT2D eigenvalue weighted by atomic mass is 19.1. The SMILES string of the molecule is CC(=O)NCC1C[C@H](c2cc(F)c(N3CCN(C(=O)COC(=O)c4cccnc4)CC3)c(F)c2)C(=O)O1. The molecule has 10 nitrogen and oxygen atoms in total. The normalized spacial score (nSPS) is 19.4. The number of nitrogens with one attached hydrogen (secondary N) is 1. The largest absolute Gasteiger partial charge is 0.460 e. The van der Waals surface area contributed by atoms with Crippen molar-refractivity contribution in [2.75, 3.05) is 44.2 Å². The number of ether oxygens (including phenoxy) is 2. The highest BCUT2D eigenvalue weighted by molar-refractivity contribution is 5.91. The molecular weight excluding hydrogens is 490 g/mol. The number of cyclic esters (lactones) is 1. The topological polar surface area (TPSA) is 118 Å². The number of esters is 2. The average molecular weight is 517 g/mol. The van der Waals surface area contributed by atoms with Crippen LogP contribution in [0.2, 0.25) is 0 Å². The van der Waals surface area contributed by atoms with Gasteiger partial charge in [-0.15, -0.1) is 0 Å². The molecule has 2 fully saturated rings. The van der Waals surface area contributed by atoms with Crippen LogP contribution in [0.25, 0.3) is 0 Å². The van der Waals surface area contributed by atoms with Crippen molar-refractivity contribution in [1.29, 1.82) is 0 Å². The fraction of sp³-hybridized carbons (Fsp3) is 0.400. The van der Waals surface area contributed by atoms with Gasteiger partial charge in [-0.1, -0.05) is 0 Å². The first kappa shape index (κ1) is 26.0. The van der Waals surface area contributed by atoms with Crippen molar-refractivity contribution in [2.24, 2.45) is 0 Å². The lowest BCUT2D eigenvalue weighted by atomic mass is 9.94. The molecule has 12 heteroatoms. The van der Waals surface area contributed by atoms with Crippen LogP contribution < -0.4 is 10.2 Å². The number of anilines is 1. The van der Waals surface area contributed by atoms with Gasteiger partial charge in [0.2, 0.25) is 5.91 Å². The minimum atomic E-state index is -0.833. The van der Waals surface area contributed by atoms with E-state index in [4.69, 9.17) is 9.47 Å². The minimum absolute atomic E-state index is 0.131. The van der Waals surface area contributed by atoms with E-state index < -0.39 is 48.1 Å². The summed E-state index contributed by atoms with van der Waals surface area (Å²) in [4.78, 5) is 54.5. The smallest absolute Gasteiger partial charge is 0.340 e. The van der Waals surface area contributed by atoms with Gasteiger partial charge in [0.05, 0.1) is 18.0 Å². The summed E-state index contributed by atoms with van der Waals surface area (Å²) in [6, 6.07) is 5.35. The Labute approximate surface area is 211 Å². The third-order valence-corrected chi connectivity index (χ3v) is 6.26. The van der Waals surface area contributed by atoms with Crippen molar-refractivity contribution >= 4 is 29.4 Å². The molecule has 196 valence electrons. The summed E-state index contributed by atoms with van der Waals surface area (Å²) in [6.07, 6.45) is 2.47. The maximum Gasteiger partial charge on any atom is 0.340 e. The van der Waals surface area contributed by atoms with E-state index in [2.05, 4.69) is 10.3 Å². The second-order valence-corrected chi connectivity index (χ2v) is 8.80. The summed E-state index contributed by atoms with van der Waals surface area (Å²) in [6.45, 7) is 1.72. The molecule has 2 amide bonds. The van der Waals surface area contributed by atoms with Gasteiger partial charge < -0.3 is 24.6 Å². The van der Waals surface area contributed by atoms with Crippen LogP contribution in [0.4, 0.5) is 14.5 Å². The van der Waals surface area contributed by atoms with Crippen molar-refractivity contribution in [1.82, 2.24) is 15.2 Å². The Balaban J connectivity index is 1.33. The lowest BCUT2D eigenvalue weighted by molar-refractivity contribution is -0.142. The summed E-state index contributed by atoms with van der Waals surface area (Å²) in [5.74, 6) is -4.43. The average Bonchev–Trinajstić information content (AvgIpc) is 3.26. The highest BCUT2D eigenvalue weighted by Crippen LogP contribution is 2.35. The second-order valence-electron chi connectivity index (χ2n) is 8.80. The number of rotatable bonds is 7. The maximum atomic E-state index is 15.0. The van der Waals surface area contributed by atoms with E-state index in [-0.39, 0.29) is 61.9 Å². The molecule has 0 saturated carbocycles. The third-order valence-electron chi connectivity index (χ3n) is 6.26. The first-order valence-electron chi connectivity index (χ1n) is 11.8. The lowest BCUT2D eigenvalue weighted by Crippen LogP contribution is -2.50. The summed E-state index contributed by atoms with van der Waals surface area (Å²) in [7, 11) is 0. The molecule has 0 bridgehead atoms. The number of halogens is 2. The number of amides is 2. The van der Waals surface area contributed by atoms with Crippen molar-refractivity contribution in [2.45, 2.75) is 25.4 Å². The lowest BCUT2D eigenvalue weighted by Gasteiger charge is -2.36. The number of benzene rings is 1. The predicted molar refractivity (Wildman–Crippen MR) is 126 cm³/mol. The summed E-state index contributed by atoms with van der Waals surface area (Å²) >= 11 is 0. The van der Waals surface area contributed by atoms with Crippen molar-refractivity contribution < 1.29 is 37.4 Å². The molecular formula is C25H26F2N4O6. The van der Waals surface area contributed by atoms with Crippen LogP contribution in [-0.2, 0) is 23.9 Å². The zero-order valence-electron chi connectivity index (χ0n) is 20.1. The molecule has 2 saturated heterocycles. The minimum Gasteiger partial charge on any atom is -0.460 e. The molecule has 0 aliphatic carbocycles. The van der Waals surface area contributed by atoms with Crippen LogP contribution in [0.5, 0.6) is 0 Å². The number of piperazine rings is 1. The molecule has 3 heterocycles. The molecule has 0 spiro atoms. The van der Waals surface area contributed by atoms with Crippen molar-refractivity contribution in [3.63, 3.8) is 0 Å². The van der Waals surface area contributed by atoms with Crippen molar-refractivity contribution in [3.8, 4) is 0 Å². The zero-order chi connectivity index (χ0) is 26.5. The van der Waals surface area contributed by atoms with Gasteiger partial charge in [-0.05, 0) is 29.8 Å². The maximum absolute atomic E-state index is 15.0. The summed E-state index contributed by atoms with van der Waals surface area (Å²) in [5, 5.41) is 2.56. The van der Waals surface area contributed by atoms with E-state index in [1.165, 1.54) is 35.2 Å². The van der Waals surface area contributed by atoms with E-state index in [1.807, 2.05) is 0 Å². The number of carbonyl (C=O) groups is 4. The molecule has 2 atom stereocenters. The molecule has 2 aliphatic rings. The van der Waals surface area contributed by atoms with E-state index in [1.54, 1.807) is 6.07 Å². The first-order valence-corrected chi connectivity index (χ1v) is 11.8. The number of aromatic nitrogens is 1. The van der Waals surface area contributed by atoms with Crippen LogP contribution in [0.1, 0.15) is 35.2 Å². The van der Waals surface area contributed by atoms with Gasteiger partial charge in [0.15, 0.2) is 6.61 Å². The quantitative estimate of drug-likeness (QED) is 0.549. The highest BCUT2D eigenvalue weighted by Gasteiger charge is 2.37. The monoisotopic (exact) mass is 516 g/mol. The Bertz CT molecular complexity index is 1160. The second kappa shape index (κ2) is 11.3. The molecule has 2 aliphatic heterocycles. The van der Waals surface area contributed by atoms with Gasteiger partial charge in [-0.3, -0.25) is 19.4 Å². The number of nitrogens with zero attached hydrogens (tertiary/aromatic N) is 3. The zero-order valence-corrected chi connectivity index (χ0v) is 20.1. The van der Waals surface area contributed by atoms with Crippen LogP contribution in [0.15, 0.2) is 36.7 Å². The number of hydrogen-bond donors (Lipinski definition) is 1. The number of pyridine rings is 1. The molecule has 0 radical (unpaired) electrons. The van der Waals surface area contributed by atoms with Crippen LogP contribution in [0.3, 0.4) is 0 Å². The van der Waals surface area contributed by atoms with E-state index >= 15 is 8.78 Å². The Hall–Kier alpha value is -4.09. The molecule has 1 aromatic carbocycles. The summed E-state index contributed by atoms with van der Waals surface area (Å²) in [5.41, 5.74) is 0.155. The Morgan fingerprint density at radius 3 is 2.49 bits per heavy atom. The van der Waals surface area contributed by atoms with Crippen LogP contribution in [-0.4, -0.2) is 79.1 Å². The number of hydrogen-bond acceptors (Lipinski definition) is 8. The van der Waals surface area contributed by atoms with Gasteiger partial charge in [0.25, 0.3) is 5.91 Å². The van der Waals surface area contributed by atoms with E-state index in [9.17, 15) is 19.2 Å². The van der Waals surface area contributed by atoms with Gasteiger partial charge in [0.1, 0.15) is 23.4 Å². The molecule has 4 rings (SSSR count). The fourth-order valence-corrected chi connectivity index (χ4v) is 4.36. The third kappa shape index (κ3) is 6.19. The Kier molecular flexibility index (Phi) is 7.95. The van der Waals surface area contributed by atoms with Crippen LogP contribution >= 0.6 is 0 Å². The fourth-order valence-electron chi connectivity index (χ4n) is 4.36. The van der Waals surface area contributed by atoms with Gasteiger partial charge in [-0.25, -0.2) is 13.6 Å². The molecule has 1 aromatic heterocycles. The van der Waals surface area contributed by atoms with Gasteiger partial charge in [0, 0.05) is 51.9 Å².